The molecule has 0 bridgehead atoms. The Morgan fingerprint density at radius 2 is 1.66 bits per heavy atom. The zero-order valence-electron chi connectivity index (χ0n) is 20.9. The zero-order valence-corrected chi connectivity index (χ0v) is 20.9. The molecule has 0 fully saturated rings. The molecule has 4 rings (SSSR count). The molecule has 1 N–H and O–H groups in total. The van der Waals surface area contributed by atoms with E-state index in [1.165, 1.54) is 16.7 Å². The van der Waals surface area contributed by atoms with Gasteiger partial charge >= 0.3 is 0 Å². The number of benzene rings is 3. The quantitative estimate of drug-likeness (QED) is 0.472. The highest BCUT2D eigenvalue weighted by Crippen LogP contribution is 2.40. The lowest BCUT2D eigenvalue weighted by Crippen LogP contribution is -2.48. The molecule has 3 aromatic rings. The first-order valence-electron chi connectivity index (χ1n) is 12.1. The monoisotopic (exact) mass is 474 g/mol. The summed E-state index contributed by atoms with van der Waals surface area (Å²) in [6.07, 6.45) is 1.68. The van der Waals surface area contributed by atoms with E-state index in [1.807, 2.05) is 42.5 Å². The largest absolute Gasteiger partial charge is 0.497 e. The van der Waals surface area contributed by atoms with E-state index in [9.17, 15) is 4.79 Å². The van der Waals surface area contributed by atoms with Gasteiger partial charge in [0.2, 0.25) is 0 Å². The van der Waals surface area contributed by atoms with Crippen molar-refractivity contribution in [3.05, 3.63) is 89.0 Å². The smallest absolute Gasteiger partial charge is 0.251 e. The van der Waals surface area contributed by atoms with Gasteiger partial charge in [-0.15, -0.1) is 0 Å². The molecule has 0 aliphatic carbocycles. The van der Waals surface area contributed by atoms with E-state index in [0.717, 1.165) is 37.4 Å². The van der Waals surface area contributed by atoms with Crippen molar-refractivity contribution in [1.29, 1.82) is 0 Å². The molecule has 1 aliphatic rings. The Balaban J connectivity index is 1.70. The molecule has 1 aliphatic heterocycles. The third-order valence-corrected chi connectivity index (χ3v) is 6.74. The van der Waals surface area contributed by atoms with Crippen LogP contribution in [0.15, 0.2) is 66.7 Å². The standard InChI is InChI=1S/C29H34N2O4/c1-5-25(30-29(32)21-9-7-6-8-10-21)28-24-18-27(35-4)26(34-3)17-22(24)15-16-31(28)19-20-11-13-23(33-2)14-12-20/h6-14,17-18,25,28H,5,15-16,19H2,1-4H3,(H,30,32). The molecule has 0 saturated carbocycles. The summed E-state index contributed by atoms with van der Waals surface area (Å²) in [4.78, 5) is 15.6. The van der Waals surface area contributed by atoms with Crippen LogP contribution in [-0.2, 0) is 13.0 Å². The Hall–Kier alpha value is -3.51. The van der Waals surface area contributed by atoms with Gasteiger partial charge in [-0.2, -0.15) is 0 Å². The maximum atomic E-state index is 13.1. The number of nitrogens with zero attached hydrogens (tertiary/aromatic N) is 1. The zero-order chi connectivity index (χ0) is 24.8. The number of fused-ring (bicyclic) bond motifs is 1. The predicted molar refractivity (Wildman–Crippen MR) is 137 cm³/mol. The fourth-order valence-corrected chi connectivity index (χ4v) is 4.89. The second-order valence-corrected chi connectivity index (χ2v) is 8.77. The van der Waals surface area contributed by atoms with Crippen molar-refractivity contribution in [2.45, 2.75) is 38.4 Å². The van der Waals surface area contributed by atoms with Crippen LogP contribution in [-0.4, -0.2) is 44.7 Å². The number of ether oxygens (including phenoxy) is 3. The summed E-state index contributed by atoms with van der Waals surface area (Å²) in [6, 6.07) is 21.6. The summed E-state index contributed by atoms with van der Waals surface area (Å²) >= 11 is 0. The van der Waals surface area contributed by atoms with E-state index in [2.05, 4.69) is 41.4 Å². The minimum Gasteiger partial charge on any atom is -0.497 e. The van der Waals surface area contributed by atoms with Crippen molar-refractivity contribution < 1.29 is 19.0 Å². The molecule has 0 spiro atoms. The number of hydrogen-bond acceptors (Lipinski definition) is 5. The fraction of sp³-hybridized carbons (Fsp3) is 0.345. The lowest BCUT2D eigenvalue weighted by atomic mass is 9.86. The van der Waals surface area contributed by atoms with Gasteiger partial charge in [-0.25, -0.2) is 0 Å². The highest BCUT2D eigenvalue weighted by atomic mass is 16.5. The summed E-state index contributed by atoms with van der Waals surface area (Å²) in [5.74, 6) is 2.21. The maximum absolute atomic E-state index is 13.1. The minimum atomic E-state index is -0.0851. The van der Waals surface area contributed by atoms with E-state index >= 15 is 0 Å². The number of methoxy groups -OCH3 is 3. The third-order valence-electron chi connectivity index (χ3n) is 6.74. The molecule has 2 atom stereocenters. The molecular formula is C29H34N2O4. The fourth-order valence-electron chi connectivity index (χ4n) is 4.89. The van der Waals surface area contributed by atoms with Crippen molar-refractivity contribution in [3.8, 4) is 17.2 Å². The van der Waals surface area contributed by atoms with Gasteiger partial charge < -0.3 is 19.5 Å². The number of carbonyl (C=O) groups is 1. The molecule has 0 aromatic heterocycles. The van der Waals surface area contributed by atoms with Gasteiger partial charge in [0.1, 0.15) is 5.75 Å². The van der Waals surface area contributed by atoms with E-state index in [-0.39, 0.29) is 18.0 Å². The number of amides is 1. The number of carbonyl (C=O) groups excluding carboxylic acids is 1. The molecule has 1 amide bonds. The van der Waals surface area contributed by atoms with Crippen LogP contribution in [0.3, 0.4) is 0 Å². The highest BCUT2D eigenvalue weighted by Gasteiger charge is 2.35. The Morgan fingerprint density at radius 1 is 0.971 bits per heavy atom. The summed E-state index contributed by atoms with van der Waals surface area (Å²) in [5.41, 5.74) is 4.26. The summed E-state index contributed by atoms with van der Waals surface area (Å²) in [6.45, 7) is 3.76. The molecule has 2 unspecified atom stereocenters. The summed E-state index contributed by atoms with van der Waals surface area (Å²) in [5, 5.41) is 3.32. The van der Waals surface area contributed by atoms with Crippen molar-refractivity contribution in [3.63, 3.8) is 0 Å². The van der Waals surface area contributed by atoms with Gasteiger partial charge in [0.05, 0.1) is 27.4 Å². The molecule has 6 heteroatoms. The van der Waals surface area contributed by atoms with Gasteiger partial charge in [-0.1, -0.05) is 37.3 Å². The molecule has 3 aromatic carbocycles. The normalized spacial score (nSPS) is 16.2. The molecule has 0 saturated heterocycles. The van der Waals surface area contributed by atoms with Crippen molar-refractivity contribution >= 4 is 5.91 Å². The summed E-state index contributed by atoms with van der Waals surface area (Å²) < 4.78 is 16.5. The van der Waals surface area contributed by atoms with Crippen LogP contribution < -0.4 is 19.5 Å². The third kappa shape index (κ3) is 5.43. The van der Waals surface area contributed by atoms with Crippen LogP contribution in [0, 0.1) is 0 Å². The van der Waals surface area contributed by atoms with Crippen molar-refractivity contribution in [1.82, 2.24) is 10.2 Å². The van der Waals surface area contributed by atoms with Crippen LogP contribution in [0.25, 0.3) is 0 Å². The van der Waals surface area contributed by atoms with Crippen LogP contribution in [0.4, 0.5) is 0 Å². The molecule has 0 radical (unpaired) electrons. The first-order chi connectivity index (χ1) is 17.1. The van der Waals surface area contributed by atoms with Crippen molar-refractivity contribution in [2.24, 2.45) is 0 Å². The molecule has 35 heavy (non-hydrogen) atoms. The topological polar surface area (TPSA) is 60.0 Å². The molecule has 6 nitrogen and oxygen atoms in total. The lowest BCUT2D eigenvalue weighted by molar-refractivity contribution is 0.0859. The Kier molecular flexibility index (Phi) is 7.93. The molecular weight excluding hydrogens is 440 g/mol. The number of rotatable bonds is 9. The van der Waals surface area contributed by atoms with Crippen LogP contribution in [0.5, 0.6) is 17.2 Å². The SMILES string of the molecule is CCC(NC(=O)c1ccccc1)C1c2cc(OC)c(OC)cc2CCN1Cc1ccc(OC)cc1. The lowest BCUT2D eigenvalue weighted by Gasteiger charge is -2.42. The maximum Gasteiger partial charge on any atom is 0.251 e. The first-order valence-corrected chi connectivity index (χ1v) is 12.1. The van der Waals surface area contributed by atoms with Gasteiger partial charge in [-0.05, 0) is 65.9 Å². The first kappa shape index (κ1) is 24.6. The summed E-state index contributed by atoms with van der Waals surface area (Å²) in [7, 11) is 5.00. The number of nitrogens with one attached hydrogen (secondary N) is 1. The van der Waals surface area contributed by atoms with Crippen LogP contribution in [0.2, 0.25) is 0 Å². The van der Waals surface area contributed by atoms with E-state index in [4.69, 9.17) is 14.2 Å². The Morgan fingerprint density at radius 3 is 2.29 bits per heavy atom. The van der Waals surface area contributed by atoms with Gasteiger partial charge in [0.15, 0.2) is 11.5 Å². The molecule has 184 valence electrons. The van der Waals surface area contributed by atoms with E-state index < -0.39 is 0 Å². The minimum absolute atomic E-state index is 0.0154. The van der Waals surface area contributed by atoms with Crippen molar-refractivity contribution in [2.75, 3.05) is 27.9 Å². The Bertz CT molecular complexity index is 1130. The van der Waals surface area contributed by atoms with Gasteiger partial charge in [0.25, 0.3) is 5.91 Å². The second-order valence-electron chi connectivity index (χ2n) is 8.77. The highest BCUT2D eigenvalue weighted by molar-refractivity contribution is 5.94. The predicted octanol–water partition coefficient (Wildman–Crippen LogP) is 5.02. The molecule has 1 heterocycles. The van der Waals surface area contributed by atoms with E-state index in [0.29, 0.717) is 11.3 Å². The van der Waals surface area contributed by atoms with Gasteiger partial charge in [0, 0.05) is 24.7 Å². The second kappa shape index (κ2) is 11.3. The van der Waals surface area contributed by atoms with E-state index in [1.54, 1.807) is 21.3 Å². The van der Waals surface area contributed by atoms with Crippen LogP contribution >= 0.6 is 0 Å². The number of hydrogen-bond donors (Lipinski definition) is 1. The average Bonchev–Trinajstić information content (AvgIpc) is 2.91. The Labute approximate surface area is 207 Å². The van der Waals surface area contributed by atoms with Gasteiger partial charge in [-0.3, -0.25) is 9.69 Å². The van der Waals surface area contributed by atoms with Crippen LogP contribution in [0.1, 0.15) is 46.4 Å². The average molecular weight is 475 g/mol.